The Balaban J connectivity index is 1.83. The van der Waals surface area contributed by atoms with Gasteiger partial charge in [0.2, 0.25) is 11.8 Å². The number of aliphatic hydroxyl groups excluding tert-OH is 1. The van der Waals surface area contributed by atoms with Crippen molar-refractivity contribution in [3.8, 4) is 0 Å². The zero-order chi connectivity index (χ0) is 13.1. The van der Waals surface area contributed by atoms with Crippen LogP contribution in [0.2, 0.25) is 0 Å². The minimum Gasteiger partial charge on any atom is -0.408 e. The normalized spacial score (nSPS) is 20.6. The highest BCUT2D eigenvalue weighted by Gasteiger charge is 2.24. The maximum atomic E-state index is 11.6. The number of aromatic nitrogens is 2. The van der Waals surface area contributed by atoms with Crippen molar-refractivity contribution in [3.63, 3.8) is 0 Å². The Morgan fingerprint density at radius 2 is 2.39 bits per heavy atom. The molecule has 2 rings (SSSR count). The molecule has 2 heterocycles. The van der Waals surface area contributed by atoms with Crippen LogP contribution in [0.15, 0.2) is 4.42 Å². The Morgan fingerprint density at radius 3 is 2.94 bits per heavy atom. The van der Waals surface area contributed by atoms with Gasteiger partial charge < -0.3 is 9.52 Å². The number of amides is 1. The molecule has 1 aliphatic heterocycles. The Morgan fingerprint density at radius 1 is 1.61 bits per heavy atom. The summed E-state index contributed by atoms with van der Waals surface area (Å²) in [4.78, 5) is 16.7. The van der Waals surface area contributed by atoms with Crippen molar-refractivity contribution in [2.75, 3.05) is 25.0 Å². The fourth-order valence-corrected chi connectivity index (χ4v) is 1.48. The Labute approximate surface area is 104 Å². The molecule has 100 valence electrons. The summed E-state index contributed by atoms with van der Waals surface area (Å²) in [5.74, 6) is 0.251. The molecule has 1 fully saturated rings. The van der Waals surface area contributed by atoms with E-state index in [4.69, 9.17) is 9.25 Å². The monoisotopic (exact) mass is 256 g/mol. The van der Waals surface area contributed by atoms with Crippen LogP contribution >= 0.6 is 0 Å². The molecule has 8 heteroatoms. The zero-order valence-corrected chi connectivity index (χ0v) is 10.3. The van der Waals surface area contributed by atoms with E-state index in [1.54, 1.807) is 0 Å². The lowest BCUT2D eigenvalue weighted by atomic mass is 10.2. The molecule has 0 bridgehead atoms. The molecule has 0 aromatic carbocycles. The molecule has 18 heavy (non-hydrogen) atoms. The van der Waals surface area contributed by atoms with Crippen molar-refractivity contribution >= 4 is 11.9 Å². The molecule has 8 nitrogen and oxygen atoms in total. The van der Waals surface area contributed by atoms with Gasteiger partial charge >= 0.3 is 6.01 Å². The lowest BCUT2D eigenvalue weighted by Crippen LogP contribution is -2.31. The lowest BCUT2D eigenvalue weighted by molar-refractivity contribution is -0.138. The first-order valence-corrected chi connectivity index (χ1v) is 5.73. The maximum absolute atomic E-state index is 11.6. The summed E-state index contributed by atoms with van der Waals surface area (Å²) in [5.41, 5.74) is 0. The van der Waals surface area contributed by atoms with Crippen molar-refractivity contribution in [3.05, 3.63) is 5.89 Å². The summed E-state index contributed by atoms with van der Waals surface area (Å²) in [6.45, 7) is 4.37. The van der Waals surface area contributed by atoms with Crippen molar-refractivity contribution in [2.24, 2.45) is 0 Å². The van der Waals surface area contributed by atoms with Crippen LogP contribution in [0.5, 0.6) is 0 Å². The van der Waals surface area contributed by atoms with Crippen LogP contribution in [0.4, 0.5) is 6.01 Å². The Hall–Kier alpha value is -1.51. The van der Waals surface area contributed by atoms with E-state index in [0.717, 1.165) is 0 Å². The second kappa shape index (κ2) is 5.42. The first kappa shape index (κ1) is 12.9. The van der Waals surface area contributed by atoms with Crippen LogP contribution in [0, 0.1) is 0 Å². The number of hydrogen-bond donors (Lipinski definition) is 2. The van der Waals surface area contributed by atoms with Crippen LogP contribution in [-0.4, -0.2) is 52.1 Å². The number of aliphatic hydroxyl groups is 1. The summed E-state index contributed by atoms with van der Waals surface area (Å²) in [7, 11) is 0. The van der Waals surface area contributed by atoms with Crippen molar-refractivity contribution < 1.29 is 19.2 Å². The summed E-state index contributed by atoms with van der Waals surface area (Å²) in [6.07, 6.45) is -0.547. The first-order valence-electron chi connectivity index (χ1n) is 5.73. The van der Waals surface area contributed by atoms with Gasteiger partial charge in [-0.2, -0.15) is 5.06 Å². The lowest BCUT2D eigenvalue weighted by Gasteiger charge is -2.11. The number of anilines is 1. The third kappa shape index (κ3) is 3.25. The fraction of sp³-hybridized carbons (Fsp3) is 0.700. The minimum atomic E-state index is -0.547. The number of nitrogens with one attached hydrogen (secondary N) is 1. The molecular formula is C10H16N4O4. The van der Waals surface area contributed by atoms with E-state index in [1.165, 1.54) is 5.06 Å². The van der Waals surface area contributed by atoms with E-state index in [0.29, 0.717) is 12.4 Å². The topological polar surface area (TPSA) is 101 Å². The van der Waals surface area contributed by atoms with Gasteiger partial charge in [0, 0.05) is 5.92 Å². The van der Waals surface area contributed by atoms with Crippen molar-refractivity contribution in [1.29, 1.82) is 0 Å². The SMILES string of the molecule is CC(C)c1nnc(NC(=O)CN2CC(O)CO2)o1. The van der Waals surface area contributed by atoms with Crippen LogP contribution in [0.1, 0.15) is 25.7 Å². The molecule has 1 aromatic rings. The van der Waals surface area contributed by atoms with Gasteiger partial charge in [0.25, 0.3) is 0 Å². The maximum Gasteiger partial charge on any atom is 0.322 e. The summed E-state index contributed by atoms with van der Waals surface area (Å²) >= 11 is 0. The number of carbonyl (C=O) groups is 1. The van der Waals surface area contributed by atoms with E-state index in [9.17, 15) is 9.90 Å². The number of nitrogens with zero attached hydrogens (tertiary/aromatic N) is 3. The predicted octanol–water partition coefficient (Wildman–Crippen LogP) is -0.260. The Bertz CT molecular complexity index is 420. The van der Waals surface area contributed by atoms with Crippen LogP contribution in [0.25, 0.3) is 0 Å². The summed E-state index contributed by atoms with van der Waals surface area (Å²) in [5, 5.41) is 20.6. The van der Waals surface area contributed by atoms with Gasteiger partial charge in [0.05, 0.1) is 19.3 Å². The second-order valence-electron chi connectivity index (χ2n) is 4.42. The van der Waals surface area contributed by atoms with E-state index < -0.39 is 6.10 Å². The van der Waals surface area contributed by atoms with Crippen molar-refractivity contribution in [2.45, 2.75) is 25.9 Å². The number of hydrogen-bond acceptors (Lipinski definition) is 7. The average Bonchev–Trinajstić information content (AvgIpc) is 2.88. The molecule has 0 radical (unpaired) electrons. The molecular weight excluding hydrogens is 240 g/mol. The number of carbonyl (C=O) groups excluding carboxylic acids is 1. The van der Waals surface area contributed by atoms with Gasteiger partial charge in [-0.05, 0) is 0 Å². The minimum absolute atomic E-state index is 0.0104. The second-order valence-corrected chi connectivity index (χ2v) is 4.42. The van der Waals surface area contributed by atoms with Crippen LogP contribution < -0.4 is 5.32 Å². The zero-order valence-electron chi connectivity index (χ0n) is 10.3. The van der Waals surface area contributed by atoms with E-state index >= 15 is 0 Å². The molecule has 1 amide bonds. The smallest absolute Gasteiger partial charge is 0.322 e. The molecule has 1 atom stereocenters. The molecule has 1 saturated heterocycles. The van der Waals surface area contributed by atoms with Gasteiger partial charge in [-0.15, -0.1) is 5.10 Å². The molecule has 0 saturated carbocycles. The third-order valence-electron chi connectivity index (χ3n) is 2.36. The van der Waals surface area contributed by atoms with E-state index in [1.807, 2.05) is 13.8 Å². The van der Waals surface area contributed by atoms with E-state index in [2.05, 4.69) is 15.5 Å². The van der Waals surface area contributed by atoms with Crippen LogP contribution in [-0.2, 0) is 9.63 Å². The summed E-state index contributed by atoms with van der Waals surface area (Å²) in [6, 6.07) is 0.0726. The average molecular weight is 256 g/mol. The van der Waals surface area contributed by atoms with Gasteiger partial charge in [-0.3, -0.25) is 14.9 Å². The summed E-state index contributed by atoms with van der Waals surface area (Å²) < 4.78 is 5.24. The first-order chi connectivity index (χ1) is 8.54. The molecule has 1 aromatic heterocycles. The van der Waals surface area contributed by atoms with Gasteiger partial charge in [-0.25, -0.2) is 0 Å². The fourth-order valence-electron chi connectivity index (χ4n) is 1.48. The van der Waals surface area contributed by atoms with Crippen molar-refractivity contribution in [1.82, 2.24) is 15.3 Å². The Kier molecular flexibility index (Phi) is 3.90. The quantitative estimate of drug-likeness (QED) is 0.765. The third-order valence-corrected chi connectivity index (χ3v) is 2.36. The molecule has 0 spiro atoms. The number of hydroxylamine groups is 2. The molecule has 0 aliphatic carbocycles. The molecule has 1 aliphatic rings. The number of rotatable bonds is 4. The molecule has 1 unspecified atom stereocenters. The largest absolute Gasteiger partial charge is 0.408 e. The van der Waals surface area contributed by atoms with E-state index in [-0.39, 0.29) is 31.0 Å². The van der Waals surface area contributed by atoms with Crippen LogP contribution in [0.3, 0.4) is 0 Å². The van der Waals surface area contributed by atoms with Gasteiger partial charge in [-0.1, -0.05) is 18.9 Å². The highest BCUT2D eigenvalue weighted by Crippen LogP contribution is 2.14. The highest BCUT2D eigenvalue weighted by molar-refractivity contribution is 5.90. The number of β-amino-alcohol motifs (C(OH)–C–C–N with tert-alkyl or cyclic N) is 1. The standard InChI is InChI=1S/C10H16N4O4/c1-6(2)9-12-13-10(18-9)11-8(16)4-14-3-7(15)5-17-14/h6-7,15H,3-5H2,1-2H3,(H,11,13,16). The predicted molar refractivity (Wildman–Crippen MR) is 60.5 cm³/mol. The molecule has 2 N–H and O–H groups in total. The highest BCUT2D eigenvalue weighted by atomic mass is 16.7. The van der Waals surface area contributed by atoms with Gasteiger partial charge in [0.1, 0.15) is 6.54 Å². The van der Waals surface area contributed by atoms with Gasteiger partial charge in [0.15, 0.2) is 0 Å².